The zero-order valence-corrected chi connectivity index (χ0v) is 15.8. The summed E-state index contributed by atoms with van der Waals surface area (Å²) >= 11 is 0. The lowest BCUT2D eigenvalue weighted by molar-refractivity contribution is -0.384. The molecule has 0 spiro atoms. The molecular formula is C17H17N7O4S. The molecule has 2 aromatic heterocycles. The normalized spacial score (nSPS) is 11.0. The number of nitrogens with zero attached hydrogens (tertiary/aromatic N) is 4. The van der Waals surface area contributed by atoms with Crippen LogP contribution in [0.2, 0.25) is 0 Å². The molecule has 11 nitrogen and oxygen atoms in total. The zero-order chi connectivity index (χ0) is 20.7. The number of hydrogen-bond acceptors (Lipinski definition) is 9. The summed E-state index contributed by atoms with van der Waals surface area (Å²) in [7, 11) is -3.77. The van der Waals surface area contributed by atoms with Crippen molar-refractivity contribution in [3.8, 4) is 0 Å². The number of nitro benzene ring substituents is 1. The summed E-state index contributed by atoms with van der Waals surface area (Å²) in [5, 5.41) is 16.7. The molecule has 150 valence electrons. The van der Waals surface area contributed by atoms with Crippen LogP contribution in [0.3, 0.4) is 0 Å². The Bertz CT molecular complexity index is 1080. The van der Waals surface area contributed by atoms with Gasteiger partial charge in [0.1, 0.15) is 23.8 Å². The average molecular weight is 415 g/mol. The van der Waals surface area contributed by atoms with Crippen LogP contribution in [0.1, 0.15) is 0 Å². The van der Waals surface area contributed by atoms with E-state index in [1.165, 1.54) is 18.5 Å². The van der Waals surface area contributed by atoms with Crippen LogP contribution in [0.4, 0.5) is 23.1 Å². The number of benzene rings is 1. The van der Waals surface area contributed by atoms with Crippen molar-refractivity contribution in [2.75, 3.05) is 23.7 Å². The first-order valence-electron chi connectivity index (χ1n) is 8.42. The Balaban J connectivity index is 1.52. The number of anilines is 3. The maximum absolute atomic E-state index is 12.2. The van der Waals surface area contributed by atoms with Gasteiger partial charge >= 0.3 is 0 Å². The predicted molar refractivity (Wildman–Crippen MR) is 106 cm³/mol. The third-order valence-corrected chi connectivity index (χ3v) is 5.15. The monoisotopic (exact) mass is 415 g/mol. The van der Waals surface area contributed by atoms with Crippen molar-refractivity contribution in [3.05, 3.63) is 71.2 Å². The van der Waals surface area contributed by atoms with Crippen LogP contribution >= 0.6 is 0 Å². The lowest BCUT2D eigenvalue weighted by atomic mass is 10.3. The smallest absolute Gasteiger partial charge is 0.269 e. The van der Waals surface area contributed by atoms with Gasteiger partial charge in [-0.1, -0.05) is 6.07 Å². The van der Waals surface area contributed by atoms with E-state index in [2.05, 4.69) is 30.3 Å². The third kappa shape index (κ3) is 5.67. The number of sulfonamides is 1. The van der Waals surface area contributed by atoms with E-state index in [9.17, 15) is 18.5 Å². The highest BCUT2D eigenvalue weighted by Crippen LogP contribution is 2.16. The Hall–Kier alpha value is -3.64. The number of aromatic nitrogens is 3. The van der Waals surface area contributed by atoms with Gasteiger partial charge in [0.2, 0.25) is 10.0 Å². The summed E-state index contributed by atoms with van der Waals surface area (Å²) < 4.78 is 26.9. The summed E-state index contributed by atoms with van der Waals surface area (Å²) in [6.07, 6.45) is 3.02. The molecule has 0 aliphatic carbocycles. The molecule has 3 aromatic rings. The van der Waals surface area contributed by atoms with Gasteiger partial charge in [0.15, 0.2) is 0 Å². The summed E-state index contributed by atoms with van der Waals surface area (Å²) in [4.78, 5) is 22.3. The van der Waals surface area contributed by atoms with Crippen LogP contribution in [-0.4, -0.2) is 41.4 Å². The fraction of sp³-hybridized carbons (Fsp3) is 0.118. The van der Waals surface area contributed by atoms with Crippen molar-refractivity contribution in [2.24, 2.45) is 0 Å². The van der Waals surface area contributed by atoms with Gasteiger partial charge < -0.3 is 10.6 Å². The van der Waals surface area contributed by atoms with Gasteiger partial charge in [0.05, 0.1) is 9.82 Å². The summed E-state index contributed by atoms with van der Waals surface area (Å²) in [5.41, 5.74) is -0.176. The van der Waals surface area contributed by atoms with Crippen LogP contribution in [0.15, 0.2) is 66.0 Å². The molecule has 12 heteroatoms. The minimum atomic E-state index is -3.77. The molecule has 0 aliphatic rings. The number of nitrogens with one attached hydrogen (secondary N) is 3. The van der Waals surface area contributed by atoms with Gasteiger partial charge in [-0.15, -0.1) is 0 Å². The first kappa shape index (κ1) is 20.1. The van der Waals surface area contributed by atoms with Crippen molar-refractivity contribution in [3.63, 3.8) is 0 Å². The SMILES string of the molecule is O=[N+]([O-])c1ccc(S(=O)(=O)NCCNc2cc(Nc3ccccn3)ncn2)cc1. The van der Waals surface area contributed by atoms with E-state index < -0.39 is 14.9 Å². The van der Waals surface area contributed by atoms with Crippen molar-refractivity contribution in [1.29, 1.82) is 0 Å². The second kappa shape index (κ2) is 9.03. The molecule has 29 heavy (non-hydrogen) atoms. The van der Waals surface area contributed by atoms with Crippen molar-refractivity contribution < 1.29 is 13.3 Å². The molecule has 0 atom stereocenters. The van der Waals surface area contributed by atoms with E-state index in [0.29, 0.717) is 17.5 Å². The van der Waals surface area contributed by atoms with Crippen LogP contribution < -0.4 is 15.4 Å². The van der Waals surface area contributed by atoms with Gasteiger partial charge in [-0.2, -0.15) is 0 Å². The molecule has 0 radical (unpaired) electrons. The van der Waals surface area contributed by atoms with Crippen LogP contribution in [0, 0.1) is 10.1 Å². The van der Waals surface area contributed by atoms with Gasteiger partial charge in [-0.3, -0.25) is 10.1 Å². The number of rotatable bonds is 9. The van der Waals surface area contributed by atoms with E-state index in [-0.39, 0.29) is 23.7 Å². The standard InChI is InChI=1S/C17H17N7O4S/c25-24(26)13-4-6-14(7-5-13)29(27,28)22-10-9-19-16-11-17(21-12-20-16)23-15-3-1-2-8-18-15/h1-8,11-12,22H,9-10H2,(H2,18,19,20,21,23). The molecule has 0 saturated heterocycles. The Morgan fingerprint density at radius 2 is 1.69 bits per heavy atom. The number of nitro groups is 1. The maximum atomic E-state index is 12.2. The quantitative estimate of drug-likeness (QED) is 0.270. The molecule has 0 aliphatic heterocycles. The molecule has 3 N–H and O–H groups in total. The lowest BCUT2D eigenvalue weighted by Crippen LogP contribution is -2.29. The second-order valence-corrected chi connectivity index (χ2v) is 7.47. The molecule has 0 amide bonds. The van der Waals surface area contributed by atoms with Crippen molar-refractivity contribution >= 4 is 33.2 Å². The van der Waals surface area contributed by atoms with E-state index in [1.54, 1.807) is 24.4 Å². The lowest BCUT2D eigenvalue weighted by Gasteiger charge is -2.09. The third-order valence-electron chi connectivity index (χ3n) is 3.67. The van der Waals surface area contributed by atoms with Gasteiger partial charge in [0, 0.05) is 37.5 Å². The Labute approximate surface area is 166 Å². The van der Waals surface area contributed by atoms with E-state index in [4.69, 9.17) is 0 Å². The second-order valence-electron chi connectivity index (χ2n) is 5.70. The largest absolute Gasteiger partial charge is 0.369 e. The maximum Gasteiger partial charge on any atom is 0.269 e. The zero-order valence-electron chi connectivity index (χ0n) is 15.0. The highest BCUT2D eigenvalue weighted by atomic mass is 32.2. The summed E-state index contributed by atoms with van der Waals surface area (Å²) in [6.45, 7) is 0.360. The molecular weight excluding hydrogens is 398 g/mol. The van der Waals surface area contributed by atoms with Crippen LogP contribution in [0.5, 0.6) is 0 Å². The van der Waals surface area contributed by atoms with E-state index >= 15 is 0 Å². The Morgan fingerprint density at radius 3 is 2.38 bits per heavy atom. The highest BCUT2D eigenvalue weighted by Gasteiger charge is 2.15. The minimum absolute atomic E-state index is 0.0491. The Kier molecular flexibility index (Phi) is 6.26. The van der Waals surface area contributed by atoms with Crippen LogP contribution in [0.25, 0.3) is 0 Å². The molecule has 0 bridgehead atoms. The van der Waals surface area contributed by atoms with Gasteiger partial charge in [0.25, 0.3) is 5.69 Å². The van der Waals surface area contributed by atoms with E-state index in [0.717, 1.165) is 12.1 Å². The molecule has 3 rings (SSSR count). The Morgan fingerprint density at radius 1 is 0.931 bits per heavy atom. The van der Waals surface area contributed by atoms with Gasteiger partial charge in [-0.05, 0) is 24.3 Å². The topological polar surface area (TPSA) is 152 Å². The molecule has 0 unspecified atom stereocenters. The van der Waals surface area contributed by atoms with Gasteiger partial charge in [-0.25, -0.2) is 28.1 Å². The first-order chi connectivity index (χ1) is 13.9. The fourth-order valence-corrected chi connectivity index (χ4v) is 3.33. The highest BCUT2D eigenvalue weighted by molar-refractivity contribution is 7.89. The number of non-ortho nitro benzene ring substituents is 1. The molecule has 2 heterocycles. The molecule has 0 saturated carbocycles. The predicted octanol–water partition coefficient (Wildman–Crippen LogP) is 1.91. The summed E-state index contributed by atoms with van der Waals surface area (Å²) in [5.74, 6) is 1.67. The van der Waals surface area contributed by atoms with Crippen molar-refractivity contribution in [2.45, 2.75) is 4.90 Å². The minimum Gasteiger partial charge on any atom is -0.369 e. The van der Waals surface area contributed by atoms with Crippen molar-refractivity contribution in [1.82, 2.24) is 19.7 Å². The number of hydrogen-bond donors (Lipinski definition) is 3. The molecule has 1 aromatic carbocycles. The fourth-order valence-electron chi connectivity index (χ4n) is 2.30. The number of pyridine rings is 1. The molecule has 0 fully saturated rings. The first-order valence-corrected chi connectivity index (χ1v) is 9.90. The summed E-state index contributed by atoms with van der Waals surface area (Å²) in [6, 6.07) is 11.8. The van der Waals surface area contributed by atoms with E-state index in [1.807, 2.05) is 6.07 Å². The van der Waals surface area contributed by atoms with Crippen LogP contribution in [-0.2, 0) is 10.0 Å². The average Bonchev–Trinajstić information content (AvgIpc) is 2.72.